The molecule has 0 aliphatic heterocycles. The second kappa shape index (κ2) is 34.8. The van der Waals surface area contributed by atoms with Crippen LogP contribution in [0.25, 0.3) is 0 Å². The van der Waals surface area contributed by atoms with Crippen LogP contribution in [0.5, 0.6) is 17.2 Å². The van der Waals surface area contributed by atoms with Crippen LogP contribution in [0.2, 0.25) is 0 Å². The number of carbonyl (C=O) groups excluding carboxylic acids is 8. The molecular formula is C57H81N13O11. The molecule has 0 bridgehead atoms. The highest BCUT2D eigenvalue weighted by Crippen LogP contribution is 2.27. The van der Waals surface area contributed by atoms with E-state index in [9.17, 15) is 38.4 Å². The Morgan fingerprint density at radius 1 is 0.407 bits per heavy atom. The average Bonchev–Trinajstić information content (AvgIpc) is 3.54. The van der Waals surface area contributed by atoms with Crippen LogP contribution in [-0.4, -0.2) is 119 Å². The topological polar surface area (TPSA) is 405 Å². The van der Waals surface area contributed by atoms with Gasteiger partial charge < -0.3 is 85.8 Å². The van der Waals surface area contributed by atoms with E-state index in [4.69, 9.17) is 48.6 Å². The number of benzene rings is 4. The van der Waals surface area contributed by atoms with E-state index in [2.05, 4.69) is 37.2 Å². The zero-order chi connectivity index (χ0) is 59.3. The van der Waals surface area contributed by atoms with Crippen molar-refractivity contribution in [2.75, 3.05) is 68.8 Å². The fraction of sp³-hybridized carbons (Fsp3) is 0.439. The third-order valence-electron chi connectivity index (χ3n) is 13.1. The first kappa shape index (κ1) is 65.4. The predicted molar refractivity (Wildman–Crippen MR) is 311 cm³/mol. The Bertz CT molecular complexity index is 2760. The van der Waals surface area contributed by atoms with E-state index in [-0.39, 0.29) is 75.8 Å². The molecule has 8 amide bonds. The minimum atomic E-state index is -1.13. The van der Waals surface area contributed by atoms with Crippen molar-refractivity contribution in [3.8, 4) is 17.2 Å². The molecule has 0 unspecified atom stereocenters. The van der Waals surface area contributed by atoms with Gasteiger partial charge in [-0.1, -0.05) is 31.7 Å². The number of nitrogens with two attached hydrogens (primary N) is 6. The second-order valence-corrected chi connectivity index (χ2v) is 19.2. The van der Waals surface area contributed by atoms with Gasteiger partial charge in [-0.2, -0.15) is 0 Å². The second-order valence-electron chi connectivity index (χ2n) is 19.2. The van der Waals surface area contributed by atoms with Crippen LogP contribution in [0.1, 0.15) is 131 Å². The smallest absolute Gasteiger partial charge is 0.255 e. The lowest BCUT2D eigenvalue weighted by Gasteiger charge is -2.21. The molecule has 0 aromatic heterocycles. The summed E-state index contributed by atoms with van der Waals surface area (Å²) >= 11 is 0. The number of primary amides is 1. The van der Waals surface area contributed by atoms with E-state index in [1.165, 1.54) is 82.0 Å². The molecule has 4 aromatic carbocycles. The largest absolute Gasteiger partial charge is 0.496 e. The molecule has 0 fully saturated rings. The highest BCUT2D eigenvalue weighted by atomic mass is 16.5. The fourth-order valence-corrected chi connectivity index (χ4v) is 8.56. The molecule has 19 N–H and O–H groups in total. The third kappa shape index (κ3) is 21.1. The summed E-state index contributed by atoms with van der Waals surface area (Å²) in [6.45, 7) is 1.68. The highest BCUT2D eigenvalue weighted by Gasteiger charge is 2.28. The van der Waals surface area contributed by atoms with Crippen molar-refractivity contribution in [3.63, 3.8) is 0 Å². The predicted octanol–water partition coefficient (Wildman–Crippen LogP) is 3.58. The van der Waals surface area contributed by atoms with E-state index >= 15 is 0 Å². The maximum absolute atomic E-state index is 14.2. The monoisotopic (exact) mass is 1120 g/mol. The molecule has 440 valence electrons. The van der Waals surface area contributed by atoms with E-state index < -0.39 is 71.4 Å². The SMILES string of the molecule is COc1ccc(NC(=O)[C@H](CCCCN)NC(=O)c2cccc(NC(=O)[C@H](CCCCN)NC(=O)c3cc(NC(=O)[C@H](CCCCCN)NC(=O)c4cc(NC(=O)[C@@H](N)CCCCCN)ccc4OC)ccc3OC)c2)cc1C(N)=O. The lowest BCUT2D eigenvalue weighted by molar-refractivity contribution is -0.118. The Kier molecular flexibility index (Phi) is 28.0. The molecule has 24 nitrogen and oxygen atoms in total. The van der Waals surface area contributed by atoms with E-state index in [0.717, 1.165) is 19.3 Å². The average molecular weight is 1120 g/mol. The maximum atomic E-state index is 14.2. The van der Waals surface area contributed by atoms with Gasteiger partial charge in [0, 0.05) is 28.3 Å². The fourth-order valence-electron chi connectivity index (χ4n) is 8.56. The minimum Gasteiger partial charge on any atom is -0.496 e. The van der Waals surface area contributed by atoms with E-state index in [0.29, 0.717) is 83.2 Å². The number of hydrogen-bond donors (Lipinski definition) is 13. The van der Waals surface area contributed by atoms with Gasteiger partial charge in [0.15, 0.2) is 0 Å². The van der Waals surface area contributed by atoms with Crippen molar-refractivity contribution in [1.29, 1.82) is 0 Å². The molecule has 24 heteroatoms. The van der Waals surface area contributed by atoms with Crippen molar-refractivity contribution < 1.29 is 52.6 Å². The van der Waals surface area contributed by atoms with Crippen molar-refractivity contribution in [1.82, 2.24) is 16.0 Å². The third-order valence-corrected chi connectivity index (χ3v) is 13.1. The molecule has 0 radical (unpaired) electrons. The number of anilines is 4. The van der Waals surface area contributed by atoms with Gasteiger partial charge in [0.2, 0.25) is 23.6 Å². The normalized spacial score (nSPS) is 12.3. The molecule has 0 heterocycles. The van der Waals surface area contributed by atoms with Gasteiger partial charge in [0.25, 0.3) is 23.6 Å². The van der Waals surface area contributed by atoms with Gasteiger partial charge in [-0.25, -0.2) is 0 Å². The molecule has 0 spiro atoms. The van der Waals surface area contributed by atoms with Gasteiger partial charge in [0.1, 0.15) is 35.4 Å². The summed E-state index contributed by atoms with van der Waals surface area (Å²) in [5.74, 6) is -4.46. The van der Waals surface area contributed by atoms with Crippen molar-refractivity contribution in [2.45, 2.75) is 114 Å². The van der Waals surface area contributed by atoms with Crippen molar-refractivity contribution in [3.05, 3.63) is 101 Å². The molecule has 0 aliphatic carbocycles. The summed E-state index contributed by atoms with van der Waals surface area (Å²) in [7, 11) is 4.12. The number of ether oxygens (including phenoxy) is 3. The Balaban J connectivity index is 1.52. The summed E-state index contributed by atoms with van der Waals surface area (Å²) in [5.41, 5.74) is 35.6. The molecule has 81 heavy (non-hydrogen) atoms. The van der Waals surface area contributed by atoms with Crippen molar-refractivity contribution >= 4 is 70.0 Å². The van der Waals surface area contributed by atoms with Crippen LogP contribution in [0.15, 0.2) is 78.9 Å². The summed E-state index contributed by atoms with van der Waals surface area (Å²) in [4.78, 5) is 109. The van der Waals surface area contributed by atoms with Crippen LogP contribution in [0, 0.1) is 0 Å². The number of unbranched alkanes of at least 4 members (excludes halogenated alkanes) is 6. The van der Waals surface area contributed by atoms with E-state index in [1.54, 1.807) is 18.2 Å². The standard InChI is InChI=1S/C57H81N13O11/c1-79-47-24-21-37(32-40(47)50(63)71)66-55(76)44(19-8-12-29-60)68-51(72)35-15-14-16-36(31-35)65-56(77)46(20-9-13-30-61)70-53(74)42-34-39(23-26-49(42)81-3)67-57(78)45(18-7-5-11-28-59)69-52(73)41-33-38(22-25-48(41)80-2)64-54(75)43(62)17-6-4-10-27-58/h14-16,21-26,31-34,43-46H,4-13,17-20,27-30,58-62H2,1-3H3,(H2,63,71)(H,64,75)(H,65,77)(H,66,76)(H,67,78)(H,68,72)(H,69,73)(H,70,74)/t43-,44-,45-,46-/m0/s1. The summed E-state index contributed by atoms with van der Waals surface area (Å²) < 4.78 is 16.2. The molecule has 0 aliphatic rings. The number of carbonyl (C=O) groups is 8. The van der Waals surface area contributed by atoms with Crippen LogP contribution in [0.4, 0.5) is 22.7 Å². The van der Waals surface area contributed by atoms with Gasteiger partial charge >= 0.3 is 0 Å². The number of nitrogens with one attached hydrogen (secondary N) is 7. The van der Waals surface area contributed by atoms with Crippen molar-refractivity contribution in [2.24, 2.45) is 34.4 Å². The molecule has 0 saturated carbocycles. The van der Waals surface area contributed by atoms with Gasteiger partial charge in [-0.3, -0.25) is 38.4 Å². The van der Waals surface area contributed by atoms with Crippen LogP contribution >= 0.6 is 0 Å². The Labute approximate surface area is 472 Å². The van der Waals surface area contributed by atoms with Gasteiger partial charge in [-0.05, 0) is 163 Å². The Morgan fingerprint density at radius 3 is 1.16 bits per heavy atom. The number of methoxy groups -OCH3 is 3. The van der Waals surface area contributed by atoms with Crippen LogP contribution in [-0.2, 0) is 19.2 Å². The summed E-state index contributed by atoms with van der Waals surface area (Å²) in [5, 5.41) is 19.4. The zero-order valence-corrected chi connectivity index (χ0v) is 46.5. The molecule has 4 aromatic rings. The van der Waals surface area contributed by atoms with Crippen LogP contribution in [0.3, 0.4) is 0 Å². The molecule has 4 atom stereocenters. The number of rotatable bonds is 36. The molecule has 0 saturated heterocycles. The first-order chi connectivity index (χ1) is 39.0. The summed E-state index contributed by atoms with van der Waals surface area (Å²) in [6, 6.07) is 15.3. The minimum absolute atomic E-state index is 0.0293. The summed E-state index contributed by atoms with van der Waals surface area (Å²) in [6.07, 6.45) is 7.40. The number of amides is 8. The lowest BCUT2D eigenvalue weighted by Crippen LogP contribution is -2.44. The lowest BCUT2D eigenvalue weighted by atomic mass is 10.0. The van der Waals surface area contributed by atoms with Gasteiger partial charge in [0.05, 0.1) is 44.1 Å². The quantitative estimate of drug-likeness (QED) is 0.0289. The number of hydrogen-bond acceptors (Lipinski definition) is 16. The highest BCUT2D eigenvalue weighted by molar-refractivity contribution is 6.07. The molecular weight excluding hydrogens is 1040 g/mol. The first-order valence-corrected chi connectivity index (χ1v) is 27.2. The van der Waals surface area contributed by atoms with E-state index in [1.807, 2.05) is 0 Å². The van der Waals surface area contributed by atoms with Gasteiger partial charge in [-0.15, -0.1) is 0 Å². The Morgan fingerprint density at radius 2 is 0.753 bits per heavy atom. The molecule has 4 rings (SSSR count). The zero-order valence-electron chi connectivity index (χ0n) is 46.5. The first-order valence-electron chi connectivity index (χ1n) is 27.2. The van der Waals surface area contributed by atoms with Crippen LogP contribution < -0.4 is 85.8 Å². The Hall–Kier alpha value is -8.16. The maximum Gasteiger partial charge on any atom is 0.255 e.